The Morgan fingerprint density at radius 3 is 2.75 bits per heavy atom. The van der Waals surface area contributed by atoms with Crippen LogP contribution in [0.1, 0.15) is 24.9 Å². The van der Waals surface area contributed by atoms with Crippen LogP contribution in [0.4, 0.5) is 5.69 Å². The molecule has 2 aromatic carbocycles. The summed E-state index contributed by atoms with van der Waals surface area (Å²) in [6.07, 6.45) is 2.71. The molecular formula is C24H21N5O2S. The summed E-state index contributed by atoms with van der Waals surface area (Å²) in [7, 11) is 0. The number of rotatable bonds is 3. The van der Waals surface area contributed by atoms with Crippen LogP contribution in [-0.2, 0) is 11.2 Å². The minimum absolute atomic E-state index is 0.0490. The van der Waals surface area contributed by atoms with E-state index in [1.807, 2.05) is 53.4 Å². The van der Waals surface area contributed by atoms with E-state index in [0.717, 1.165) is 17.8 Å². The summed E-state index contributed by atoms with van der Waals surface area (Å²) in [5.74, 6) is 0.705. The fraction of sp³-hybridized carbons (Fsp3) is 0.250. The first-order chi connectivity index (χ1) is 15.6. The number of amides is 1. The number of fused-ring (bicyclic) bond motifs is 3. The first-order valence-corrected chi connectivity index (χ1v) is 11.7. The van der Waals surface area contributed by atoms with Crippen LogP contribution in [0.5, 0.6) is 0 Å². The number of carbonyl (C=O) groups excluding carboxylic acids is 1. The van der Waals surface area contributed by atoms with Gasteiger partial charge in [-0.1, -0.05) is 48.2 Å². The molecule has 0 fully saturated rings. The third-order valence-electron chi connectivity index (χ3n) is 6.26. The Bertz CT molecular complexity index is 1410. The number of hydrogen-bond donors (Lipinski definition) is 0. The second-order valence-electron chi connectivity index (χ2n) is 8.31. The van der Waals surface area contributed by atoms with Crippen molar-refractivity contribution in [3.8, 4) is 5.69 Å². The van der Waals surface area contributed by atoms with E-state index in [4.69, 9.17) is 4.98 Å². The molecule has 6 rings (SSSR count). The molecule has 1 amide bonds. The molecule has 0 saturated carbocycles. The van der Waals surface area contributed by atoms with Crippen LogP contribution < -0.4 is 10.5 Å². The molecular weight excluding hydrogens is 422 g/mol. The van der Waals surface area contributed by atoms with Crippen LogP contribution in [0.25, 0.3) is 16.7 Å². The van der Waals surface area contributed by atoms with Crippen LogP contribution in [0.3, 0.4) is 0 Å². The number of benzene rings is 2. The molecule has 8 heteroatoms. The van der Waals surface area contributed by atoms with E-state index < -0.39 is 0 Å². The molecule has 4 heterocycles. The molecule has 2 aliphatic heterocycles. The summed E-state index contributed by atoms with van der Waals surface area (Å²) in [6, 6.07) is 17.6. The van der Waals surface area contributed by atoms with Gasteiger partial charge in [-0.15, -0.1) is 0 Å². The second kappa shape index (κ2) is 7.34. The zero-order chi connectivity index (χ0) is 21.8. The van der Waals surface area contributed by atoms with E-state index in [1.54, 1.807) is 15.4 Å². The Hall–Kier alpha value is -3.39. The maximum Gasteiger partial charge on any atom is 0.265 e. The summed E-state index contributed by atoms with van der Waals surface area (Å²) < 4.78 is 3.38. The van der Waals surface area contributed by atoms with Crippen LogP contribution in [0, 0.1) is 0 Å². The largest absolute Gasteiger partial charge is 0.309 e. The Labute approximate surface area is 188 Å². The highest BCUT2D eigenvalue weighted by atomic mass is 32.2. The van der Waals surface area contributed by atoms with Crippen molar-refractivity contribution in [2.24, 2.45) is 0 Å². The Morgan fingerprint density at radius 1 is 1.12 bits per heavy atom. The van der Waals surface area contributed by atoms with E-state index in [-0.39, 0.29) is 30.0 Å². The van der Waals surface area contributed by atoms with Gasteiger partial charge in [0, 0.05) is 23.9 Å². The van der Waals surface area contributed by atoms with Crippen molar-refractivity contribution < 1.29 is 4.79 Å². The maximum absolute atomic E-state index is 13.4. The lowest BCUT2D eigenvalue weighted by molar-refractivity contribution is -0.119. The highest BCUT2D eigenvalue weighted by molar-refractivity contribution is 7.99. The third-order valence-corrected chi connectivity index (χ3v) is 7.36. The molecule has 2 aromatic heterocycles. The molecule has 32 heavy (non-hydrogen) atoms. The van der Waals surface area contributed by atoms with Crippen molar-refractivity contribution in [1.29, 1.82) is 0 Å². The van der Waals surface area contributed by atoms with Crippen LogP contribution in [-0.4, -0.2) is 37.0 Å². The summed E-state index contributed by atoms with van der Waals surface area (Å²) in [6.45, 7) is 2.07. The smallest absolute Gasteiger partial charge is 0.265 e. The molecule has 2 aliphatic rings. The van der Waals surface area contributed by atoms with E-state index >= 15 is 0 Å². The molecule has 0 unspecified atom stereocenters. The number of nitrogens with zero attached hydrogens (tertiary/aromatic N) is 5. The van der Waals surface area contributed by atoms with Crippen molar-refractivity contribution >= 4 is 34.4 Å². The second-order valence-corrected chi connectivity index (χ2v) is 9.30. The van der Waals surface area contributed by atoms with Crippen molar-refractivity contribution in [1.82, 2.24) is 19.3 Å². The number of aromatic nitrogens is 4. The van der Waals surface area contributed by atoms with Crippen molar-refractivity contribution in [3.05, 3.63) is 76.7 Å². The number of carbonyl (C=O) groups is 1. The minimum atomic E-state index is -0.216. The average Bonchev–Trinajstić information content (AvgIpc) is 3.49. The number of anilines is 1. The van der Waals surface area contributed by atoms with E-state index in [2.05, 4.69) is 18.1 Å². The molecule has 7 nitrogen and oxygen atoms in total. The number of para-hydroxylation sites is 2. The van der Waals surface area contributed by atoms with Crippen molar-refractivity contribution in [2.75, 3.05) is 10.7 Å². The fourth-order valence-corrected chi connectivity index (χ4v) is 5.91. The Morgan fingerprint density at radius 2 is 1.91 bits per heavy atom. The molecule has 2 atom stereocenters. The van der Waals surface area contributed by atoms with Gasteiger partial charge in [0.15, 0.2) is 10.8 Å². The quantitative estimate of drug-likeness (QED) is 0.453. The van der Waals surface area contributed by atoms with E-state index in [1.165, 1.54) is 17.3 Å². The van der Waals surface area contributed by atoms with Crippen molar-refractivity contribution in [3.63, 3.8) is 0 Å². The lowest BCUT2D eigenvalue weighted by atomic mass is 10.1. The fourth-order valence-electron chi connectivity index (χ4n) is 4.78. The van der Waals surface area contributed by atoms with Crippen molar-refractivity contribution in [2.45, 2.75) is 37.0 Å². The minimum Gasteiger partial charge on any atom is -0.309 e. The first kappa shape index (κ1) is 19.3. The zero-order valence-corrected chi connectivity index (χ0v) is 18.3. The van der Waals surface area contributed by atoms with Crippen LogP contribution in [0.2, 0.25) is 0 Å². The van der Waals surface area contributed by atoms with Gasteiger partial charge in [0.05, 0.1) is 17.9 Å². The molecule has 0 radical (unpaired) electrons. The monoisotopic (exact) mass is 443 g/mol. The van der Waals surface area contributed by atoms with Gasteiger partial charge in [-0.2, -0.15) is 5.10 Å². The van der Waals surface area contributed by atoms with Gasteiger partial charge in [-0.25, -0.2) is 9.67 Å². The highest BCUT2D eigenvalue weighted by Crippen LogP contribution is 2.37. The zero-order valence-electron chi connectivity index (χ0n) is 17.5. The predicted octanol–water partition coefficient (Wildman–Crippen LogP) is 3.60. The van der Waals surface area contributed by atoms with Crippen LogP contribution in [0.15, 0.2) is 70.7 Å². The van der Waals surface area contributed by atoms with Crippen LogP contribution >= 0.6 is 11.8 Å². The molecule has 0 aliphatic carbocycles. The van der Waals surface area contributed by atoms with Gasteiger partial charge >= 0.3 is 0 Å². The van der Waals surface area contributed by atoms with Gasteiger partial charge in [0.2, 0.25) is 5.91 Å². The molecule has 0 spiro atoms. The summed E-state index contributed by atoms with van der Waals surface area (Å²) in [4.78, 5) is 33.3. The third kappa shape index (κ3) is 2.90. The van der Waals surface area contributed by atoms with E-state index in [9.17, 15) is 9.59 Å². The highest BCUT2D eigenvalue weighted by Gasteiger charge is 2.35. The van der Waals surface area contributed by atoms with Gasteiger partial charge in [-0.05, 0) is 37.1 Å². The molecule has 0 saturated heterocycles. The topological polar surface area (TPSA) is 73.0 Å². The summed E-state index contributed by atoms with van der Waals surface area (Å²) in [5, 5.41) is 5.52. The summed E-state index contributed by atoms with van der Waals surface area (Å²) >= 11 is 1.52. The lowest BCUT2D eigenvalue weighted by Crippen LogP contribution is -2.38. The van der Waals surface area contributed by atoms with E-state index in [0.29, 0.717) is 21.9 Å². The van der Waals surface area contributed by atoms with Gasteiger partial charge < -0.3 is 4.90 Å². The predicted molar refractivity (Wildman–Crippen MR) is 125 cm³/mol. The lowest BCUT2D eigenvalue weighted by Gasteiger charge is -2.24. The number of hydrogen-bond acceptors (Lipinski definition) is 5. The Kier molecular flexibility index (Phi) is 4.43. The summed E-state index contributed by atoms with van der Waals surface area (Å²) in [5.41, 5.74) is 3.46. The first-order valence-electron chi connectivity index (χ1n) is 10.7. The molecule has 4 aromatic rings. The molecule has 0 bridgehead atoms. The number of thioether (sulfide) groups is 1. The van der Waals surface area contributed by atoms with Gasteiger partial charge in [0.1, 0.15) is 5.39 Å². The van der Waals surface area contributed by atoms with Gasteiger partial charge in [0.25, 0.3) is 5.56 Å². The Balaban J connectivity index is 1.34. The maximum atomic E-state index is 13.4. The SMILES string of the molecule is C[C@@H]1Cc2ccccc2N1C(=O)C[C@@H]1CSc2nc3c(cnn3-c3ccccc3)c(=O)n21. The normalized spacial score (nSPS) is 19.3. The van der Waals surface area contributed by atoms with Gasteiger partial charge in [-0.3, -0.25) is 14.2 Å². The molecule has 0 N–H and O–H groups in total. The average molecular weight is 444 g/mol. The standard InChI is InChI=1S/C24H21N5O2S/c1-15-11-16-7-5-6-10-20(16)27(15)21(30)12-18-14-32-24-26-22-19(23(31)28(18)24)13-25-29(22)17-8-3-2-4-9-17/h2-10,13,15,18H,11-12,14H2,1H3/t15-,18-/m1/s1. The molecule has 160 valence electrons.